The lowest BCUT2D eigenvalue weighted by Crippen LogP contribution is -2.25. The molecular formula is C19H16N2O3. The minimum Gasteiger partial charge on any atom is -0.363 e. The second kappa shape index (κ2) is 6.12. The molecule has 0 spiro atoms. The third-order valence-corrected chi connectivity index (χ3v) is 4.08. The summed E-state index contributed by atoms with van der Waals surface area (Å²) in [7, 11) is 0. The standard InChI is InChI=1S/C19H16N2O3/c1-12-15(11-17(22)18(20)23)14-9-5-6-10-16(14)21(12)19(24)13-7-3-2-4-8-13/h2-10H,11H2,1H3,(H2,20,23). The van der Waals surface area contributed by atoms with Crippen molar-refractivity contribution in [2.75, 3.05) is 0 Å². The van der Waals surface area contributed by atoms with Gasteiger partial charge in [0.1, 0.15) is 0 Å². The third-order valence-electron chi connectivity index (χ3n) is 4.08. The van der Waals surface area contributed by atoms with Gasteiger partial charge in [0.05, 0.1) is 5.52 Å². The summed E-state index contributed by atoms with van der Waals surface area (Å²) < 4.78 is 1.58. The molecule has 0 atom stereocenters. The largest absolute Gasteiger partial charge is 0.363 e. The van der Waals surface area contributed by atoms with Crippen molar-refractivity contribution in [2.24, 2.45) is 5.73 Å². The van der Waals surface area contributed by atoms with E-state index in [1.807, 2.05) is 30.3 Å². The summed E-state index contributed by atoms with van der Waals surface area (Å²) in [5, 5.41) is 0.772. The second-order valence-electron chi connectivity index (χ2n) is 5.55. The number of nitrogens with two attached hydrogens (primary N) is 1. The number of carbonyl (C=O) groups is 3. The average Bonchev–Trinajstić information content (AvgIpc) is 2.87. The number of hydrogen-bond acceptors (Lipinski definition) is 3. The van der Waals surface area contributed by atoms with Crippen LogP contribution in [0.4, 0.5) is 0 Å². The number of Topliss-reactive ketones (excluding diaryl/α,β-unsaturated/α-hetero) is 1. The number of fused-ring (bicyclic) bond motifs is 1. The van der Waals surface area contributed by atoms with Crippen molar-refractivity contribution >= 4 is 28.5 Å². The summed E-state index contributed by atoms with van der Waals surface area (Å²) in [5.41, 5.74) is 7.62. The van der Waals surface area contributed by atoms with Crippen LogP contribution in [-0.4, -0.2) is 22.2 Å². The molecule has 5 heteroatoms. The van der Waals surface area contributed by atoms with Gasteiger partial charge in [-0.05, 0) is 30.7 Å². The van der Waals surface area contributed by atoms with Crippen molar-refractivity contribution in [3.05, 3.63) is 71.4 Å². The van der Waals surface area contributed by atoms with E-state index in [0.29, 0.717) is 22.3 Å². The van der Waals surface area contributed by atoms with Crippen molar-refractivity contribution in [1.82, 2.24) is 4.57 Å². The molecule has 0 aliphatic rings. The number of para-hydroxylation sites is 1. The maximum atomic E-state index is 12.9. The van der Waals surface area contributed by atoms with Crippen LogP contribution in [0, 0.1) is 6.92 Å². The molecule has 0 saturated heterocycles. The predicted octanol–water partition coefficient (Wildman–Crippen LogP) is 2.24. The molecule has 24 heavy (non-hydrogen) atoms. The Labute approximate surface area is 138 Å². The molecule has 1 amide bonds. The molecular weight excluding hydrogens is 304 g/mol. The fraction of sp³-hybridized carbons (Fsp3) is 0.105. The van der Waals surface area contributed by atoms with Gasteiger partial charge in [0, 0.05) is 23.1 Å². The number of amides is 1. The molecule has 1 aromatic heterocycles. The number of primary amides is 1. The summed E-state index contributed by atoms with van der Waals surface area (Å²) in [5.74, 6) is -1.82. The zero-order valence-corrected chi connectivity index (χ0v) is 13.2. The number of nitrogens with zero attached hydrogens (tertiary/aromatic N) is 1. The molecule has 0 aliphatic carbocycles. The van der Waals surface area contributed by atoms with Gasteiger partial charge in [-0.15, -0.1) is 0 Å². The van der Waals surface area contributed by atoms with E-state index in [1.165, 1.54) is 0 Å². The lowest BCUT2D eigenvalue weighted by atomic mass is 10.1. The molecule has 0 aliphatic heterocycles. The zero-order chi connectivity index (χ0) is 17.3. The Morgan fingerprint density at radius 1 is 0.958 bits per heavy atom. The van der Waals surface area contributed by atoms with E-state index in [1.54, 1.807) is 35.8 Å². The Balaban J connectivity index is 2.19. The van der Waals surface area contributed by atoms with Crippen molar-refractivity contribution in [1.29, 1.82) is 0 Å². The van der Waals surface area contributed by atoms with Crippen LogP contribution in [0.25, 0.3) is 10.9 Å². The number of aromatic nitrogens is 1. The SMILES string of the molecule is Cc1c(CC(=O)C(N)=O)c2ccccc2n1C(=O)c1ccccc1. The lowest BCUT2D eigenvalue weighted by molar-refractivity contribution is -0.135. The number of rotatable bonds is 4. The molecule has 0 unspecified atom stereocenters. The van der Waals surface area contributed by atoms with Gasteiger partial charge in [-0.25, -0.2) is 0 Å². The average molecular weight is 320 g/mol. The van der Waals surface area contributed by atoms with Gasteiger partial charge >= 0.3 is 0 Å². The zero-order valence-electron chi connectivity index (χ0n) is 13.2. The first-order valence-electron chi connectivity index (χ1n) is 7.52. The summed E-state index contributed by atoms with van der Waals surface area (Å²) in [6.07, 6.45) is -0.114. The Kier molecular flexibility index (Phi) is 4.00. The molecule has 0 saturated carbocycles. The highest BCUT2D eigenvalue weighted by Gasteiger charge is 2.22. The molecule has 0 bridgehead atoms. The first kappa shape index (κ1) is 15.7. The molecule has 2 aromatic carbocycles. The third kappa shape index (κ3) is 2.60. The van der Waals surface area contributed by atoms with Gasteiger partial charge in [-0.2, -0.15) is 0 Å². The van der Waals surface area contributed by atoms with Crippen LogP contribution in [0.2, 0.25) is 0 Å². The van der Waals surface area contributed by atoms with E-state index in [2.05, 4.69) is 0 Å². The maximum Gasteiger partial charge on any atom is 0.285 e. The fourth-order valence-corrected chi connectivity index (χ4v) is 2.88. The Morgan fingerprint density at radius 2 is 1.58 bits per heavy atom. The molecule has 0 radical (unpaired) electrons. The minimum absolute atomic E-state index is 0.114. The topological polar surface area (TPSA) is 82.2 Å². The molecule has 2 N–H and O–H groups in total. The number of carbonyl (C=O) groups excluding carboxylic acids is 3. The van der Waals surface area contributed by atoms with E-state index in [-0.39, 0.29) is 12.3 Å². The number of hydrogen-bond donors (Lipinski definition) is 1. The highest BCUT2D eigenvalue weighted by atomic mass is 16.2. The highest BCUT2D eigenvalue weighted by molar-refractivity contribution is 6.36. The summed E-state index contributed by atoms with van der Waals surface area (Å²) >= 11 is 0. The number of benzene rings is 2. The van der Waals surface area contributed by atoms with Crippen LogP contribution in [0.15, 0.2) is 54.6 Å². The van der Waals surface area contributed by atoms with Crippen LogP contribution in [0.3, 0.4) is 0 Å². The first-order valence-corrected chi connectivity index (χ1v) is 7.52. The van der Waals surface area contributed by atoms with Crippen molar-refractivity contribution < 1.29 is 14.4 Å². The summed E-state index contributed by atoms with van der Waals surface area (Å²) in [6, 6.07) is 16.2. The molecule has 5 nitrogen and oxygen atoms in total. The van der Waals surface area contributed by atoms with Gasteiger partial charge in [0.2, 0.25) is 5.78 Å². The summed E-state index contributed by atoms with van der Waals surface area (Å²) in [6.45, 7) is 1.77. The minimum atomic E-state index is -0.972. The Bertz CT molecular complexity index is 955. The molecule has 120 valence electrons. The predicted molar refractivity (Wildman–Crippen MR) is 90.8 cm³/mol. The van der Waals surface area contributed by atoms with Gasteiger partial charge in [-0.1, -0.05) is 36.4 Å². The van der Waals surface area contributed by atoms with Crippen molar-refractivity contribution in [3.63, 3.8) is 0 Å². The van der Waals surface area contributed by atoms with E-state index in [4.69, 9.17) is 5.73 Å². The quantitative estimate of drug-likeness (QED) is 0.748. The van der Waals surface area contributed by atoms with Gasteiger partial charge in [0.25, 0.3) is 11.8 Å². The molecule has 1 heterocycles. The van der Waals surface area contributed by atoms with Gasteiger partial charge in [-0.3, -0.25) is 19.0 Å². The highest BCUT2D eigenvalue weighted by Crippen LogP contribution is 2.27. The van der Waals surface area contributed by atoms with E-state index in [0.717, 1.165) is 5.39 Å². The van der Waals surface area contributed by atoms with Crippen LogP contribution in [0.1, 0.15) is 21.6 Å². The van der Waals surface area contributed by atoms with Crippen LogP contribution in [-0.2, 0) is 16.0 Å². The van der Waals surface area contributed by atoms with Crippen molar-refractivity contribution in [3.8, 4) is 0 Å². The van der Waals surface area contributed by atoms with E-state index >= 15 is 0 Å². The number of ketones is 1. The second-order valence-corrected chi connectivity index (χ2v) is 5.55. The molecule has 3 rings (SSSR count). The van der Waals surface area contributed by atoms with Crippen LogP contribution in [0.5, 0.6) is 0 Å². The Morgan fingerprint density at radius 3 is 2.25 bits per heavy atom. The molecule has 3 aromatic rings. The van der Waals surface area contributed by atoms with Gasteiger partial charge < -0.3 is 5.73 Å². The van der Waals surface area contributed by atoms with Gasteiger partial charge in [0.15, 0.2) is 0 Å². The molecule has 0 fully saturated rings. The smallest absolute Gasteiger partial charge is 0.285 e. The van der Waals surface area contributed by atoms with E-state index < -0.39 is 11.7 Å². The van der Waals surface area contributed by atoms with E-state index in [9.17, 15) is 14.4 Å². The first-order chi connectivity index (χ1) is 11.5. The normalized spacial score (nSPS) is 10.7. The maximum absolute atomic E-state index is 12.9. The monoisotopic (exact) mass is 320 g/mol. The van der Waals surface area contributed by atoms with Crippen molar-refractivity contribution in [2.45, 2.75) is 13.3 Å². The Hall–Kier alpha value is -3.21. The summed E-state index contributed by atoms with van der Waals surface area (Å²) in [4.78, 5) is 35.8. The van der Waals surface area contributed by atoms with Crippen LogP contribution < -0.4 is 5.73 Å². The lowest BCUT2D eigenvalue weighted by Gasteiger charge is -2.07. The van der Waals surface area contributed by atoms with Crippen LogP contribution >= 0.6 is 0 Å². The fourth-order valence-electron chi connectivity index (χ4n) is 2.88.